The molecule has 27 heavy (non-hydrogen) atoms. The van der Waals surface area contributed by atoms with E-state index in [9.17, 15) is 9.90 Å². The van der Waals surface area contributed by atoms with Crippen LogP contribution >= 0.6 is 0 Å². The molecule has 142 valence electrons. The first-order valence-electron chi connectivity index (χ1n) is 9.32. The summed E-state index contributed by atoms with van der Waals surface area (Å²) in [6.07, 6.45) is 2.37. The van der Waals surface area contributed by atoms with Crippen LogP contribution in [0.5, 0.6) is 5.88 Å². The fraction of sp³-hybridized carbons (Fsp3) is 0.429. The van der Waals surface area contributed by atoms with Gasteiger partial charge in [0.2, 0.25) is 5.88 Å². The Bertz CT molecular complexity index is 797. The molecular weight excluding hydrogens is 344 g/mol. The molecule has 0 saturated carbocycles. The molecule has 1 aromatic carbocycles. The van der Waals surface area contributed by atoms with E-state index in [1.165, 1.54) is 0 Å². The van der Waals surface area contributed by atoms with Crippen molar-refractivity contribution in [1.29, 1.82) is 0 Å². The average molecular weight is 368 g/mol. The number of piperidine rings is 1. The van der Waals surface area contributed by atoms with Gasteiger partial charge < -0.3 is 19.5 Å². The number of carbonyl (C=O) groups is 1. The number of nitrogens with zero attached hydrogens (tertiary/aromatic N) is 2. The van der Waals surface area contributed by atoms with Gasteiger partial charge in [-0.3, -0.25) is 0 Å². The van der Waals surface area contributed by atoms with Crippen LogP contribution in [-0.2, 0) is 16.9 Å². The van der Waals surface area contributed by atoms with E-state index in [-0.39, 0.29) is 24.8 Å². The molecule has 2 saturated heterocycles. The molecule has 2 aromatic rings. The Morgan fingerprint density at radius 3 is 2.52 bits per heavy atom. The number of rotatable bonds is 4. The molecule has 4 rings (SSSR count). The Hall–Kier alpha value is -2.60. The minimum Gasteiger partial charge on any atom is -0.481 e. The maximum Gasteiger partial charge on any atom is 0.410 e. The van der Waals surface area contributed by atoms with Gasteiger partial charge in [-0.05, 0) is 24.5 Å². The summed E-state index contributed by atoms with van der Waals surface area (Å²) >= 11 is 0. The van der Waals surface area contributed by atoms with Crippen molar-refractivity contribution in [2.45, 2.75) is 50.0 Å². The zero-order valence-corrected chi connectivity index (χ0v) is 15.4. The van der Waals surface area contributed by atoms with Crippen LogP contribution in [0.15, 0.2) is 48.5 Å². The SMILES string of the molecule is COc1cccc(C2(O)CC3CCC(C2)N3C(=O)OCc2ccccc2)n1. The van der Waals surface area contributed by atoms with Crippen molar-refractivity contribution in [3.8, 4) is 5.88 Å². The van der Waals surface area contributed by atoms with E-state index in [4.69, 9.17) is 9.47 Å². The smallest absolute Gasteiger partial charge is 0.410 e. The third-order valence-corrected chi connectivity index (χ3v) is 5.59. The number of carbonyl (C=O) groups excluding carboxylic acids is 1. The van der Waals surface area contributed by atoms with Crippen LogP contribution in [-0.4, -0.2) is 40.3 Å². The lowest BCUT2D eigenvalue weighted by molar-refractivity contribution is -0.0566. The molecule has 0 spiro atoms. The summed E-state index contributed by atoms with van der Waals surface area (Å²) in [6.45, 7) is 0.261. The van der Waals surface area contributed by atoms with Gasteiger partial charge in [0.25, 0.3) is 0 Å². The van der Waals surface area contributed by atoms with E-state index < -0.39 is 5.60 Å². The second-order valence-corrected chi connectivity index (χ2v) is 7.34. The maximum absolute atomic E-state index is 12.7. The maximum atomic E-state index is 12.7. The molecular formula is C21H24N2O4. The lowest BCUT2D eigenvalue weighted by Gasteiger charge is -2.42. The molecule has 2 aliphatic rings. The molecule has 2 fully saturated rings. The zero-order valence-electron chi connectivity index (χ0n) is 15.4. The van der Waals surface area contributed by atoms with E-state index in [0.717, 1.165) is 18.4 Å². The van der Waals surface area contributed by atoms with E-state index in [1.807, 2.05) is 47.4 Å². The van der Waals surface area contributed by atoms with E-state index in [2.05, 4.69) is 4.98 Å². The van der Waals surface area contributed by atoms with Gasteiger partial charge in [-0.1, -0.05) is 36.4 Å². The lowest BCUT2D eigenvalue weighted by Crippen LogP contribution is -2.52. The molecule has 0 radical (unpaired) electrons. The first-order valence-corrected chi connectivity index (χ1v) is 9.32. The molecule has 2 aliphatic heterocycles. The van der Waals surface area contributed by atoms with Crippen molar-refractivity contribution in [1.82, 2.24) is 9.88 Å². The predicted octanol–water partition coefficient (Wildman–Crippen LogP) is 3.24. The standard InChI is InChI=1S/C21H24N2O4/c1-26-19-9-5-8-18(22-19)21(25)12-16-10-11-17(13-21)23(16)20(24)27-14-15-6-3-2-4-7-15/h2-9,16-17,25H,10-14H2,1H3. The minimum atomic E-state index is -1.05. The van der Waals surface area contributed by atoms with Gasteiger partial charge in [0.15, 0.2) is 0 Å². The minimum absolute atomic E-state index is 0.0370. The summed E-state index contributed by atoms with van der Waals surface area (Å²) < 4.78 is 10.7. The van der Waals surface area contributed by atoms with Crippen molar-refractivity contribution in [2.75, 3.05) is 7.11 Å². The highest BCUT2D eigenvalue weighted by Gasteiger charge is 2.51. The van der Waals surface area contributed by atoms with E-state index >= 15 is 0 Å². The summed E-state index contributed by atoms with van der Waals surface area (Å²) in [5.41, 5.74) is 0.527. The Morgan fingerprint density at radius 2 is 1.85 bits per heavy atom. The number of amides is 1. The van der Waals surface area contributed by atoms with Crippen LogP contribution in [0, 0.1) is 0 Å². The number of aliphatic hydroxyl groups is 1. The Morgan fingerprint density at radius 1 is 1.15 bits per heavy atom. The molecule has 2 bridgehead atoms. The second kappa shape index (κ2) is 7.19. The fourth-order valence-electron chi connectivity index (χ4n) is 4.31. The summed E-state index contributed by atoms with van der Waals surface area (Å²) in [5, 5.41) is 11.3. The Labute approximate surface area is 158 Å². The molecule has 2 unspecified atom stereocenters. The van der Waals surface area contributed by atoms with Crippen LogP contribution in [0.4, 0.5) is 4.79 Å². The molecule has 1 N–H and O–H groups in total. The third kappa shape index (κ3) is 3.49. The number of fused-ring (bicyclic) bond motifs is 2. The van der Waals surface area contributed by atoms with Crippen LogP contribution < -0.4 is 4.74 Å². The molecule has 1 amide bonds. The van der Waals surface area contributed by atoms with Crippen molar-refractivity contribution in [3.05, 3.63) is 59.8 Å². The number of hydrogen-bond donors (Lipinski definition) is 1. The van der Waals surface area contributed by atoms with Crippen LogP contribution in [0.2, 0.25) is 0 Å². The van der Waals surface area contributed by atoms with Gasteiger partial charge in [0.1, 0.15) is 12.2 Å². The van der Waals surface area contributed by atoms with E-state index in [0.29, 0.717) is 24.4 Å². The van der Waals surface area contributed by atoms with E-state index in [1.54, 1.807) is 13.2 Å². The number of aromatic nitrogens is 1. The second-order valence-electron chi connectivity index (χ2n) is 7.34. The highest BCUT2D eigenvalue weighted by atomic mass is 16.6. The fourth-order valence-corrected chi connectivity index (χ4v) is 4.31. The van der Waals surface area contributed by atoms with Gasteiger partial charge in [-0.15, -0.1) is 0 Å². The first kappa shape index (κ1) is 17.8. The van der Waals surface area contributed by atoms with Crippen molar-refractivity contribution in [3.63, 3.8) is 0 Å². The number of hydrogen-bond acceptors (Lipinski definition) is 5. The molecule has 1 aromatic heterocycles. The molecule has 3 heterocycles. The lowest BCUT2D eigenvalue weighted by atomic mass is 9.83. The van der Waals surface area contributed by atoms with Gasteiger partial charge in [0.05, 0.1) is 12.8 Å². The summed E-state index contributed by atoms with van der Waals surface area (Å²) in [4.78, 5) is 18.9. The molecule has 6 heteroatoms. The quantitative estimate of drug-likeness (QED) is 0.897. The highest BCUT2D eigenvalue weighted by Crippen LogP contribution is 2.45. The number of ether oxygens (including phenoxy) is 2. The normalized spacial score (nSPS) is 26.7. The average Bonchev–Trinajstić information content (AvgIpc) is 2.99. The zero-order chi connectivity index (χ0) is 18.9. The monoisotopic (exact) mass is 368 g/mol. The van der Waals surface area contributed by atoms with Crippen molar-refractivity contribution < 1.29 is 19.4 Å². The number of methoxy groups -OCH3 is 1. The number of benzene rings is 1. The molecule has 2 atom stereocenters. The first-order chi connectivity index (χ1) is 13.1. The topological polar surface area (TPSA) is 71.9 Å². The van der Waals surface area contributed by atoms with Gasteiger partial charge >= 0.3 is 6.09 Å². The highest BCUT2D eigenvalue weighted by molar-refractivity contribution is 5.69. The van der Waals surface area contributed by atoms with Gasteiger partial charge in [-0.25, -0.2) is 9.78 Å². The summed E-state index contributed by atoms with van der Waals surface area (Å²) in [7, 11) is 1.56. The Balaban J connectivity index is 1.46. The van der Waals surface area contributed by atoms with Crippen molar-refractivity contribution in [2.24, 2.45) is 0 Å². The predicted molar refractivity (Wildman–Crippen MR) is 99.2 cm³/mol. The third-order valence-electron chi connectivity index (χ3n) is 5.59. The summed E-state index contributed by atoms with van der Waals surface area (Å²) in [6, 6.07) is 15.0. The molecule has 6 nitrogen and oxygen atoms in total. The van der Waals surface area contributed by atoms with Crippen LogP contribution in [0.25, 0.3) is 0 Å². The number of pyridine rings is 1. The largest absolute Gasteiger partial charge is 0.481 e. The Kier molecular flexibility index (Phi) is 4.74. The van der Waals surface area contributed by atoms with Crippen molar-refractivity contribution >= 4 is 6.09 Å². The van der Waals surface area contributed by atoms with Gasteiger partial charge in [0, 0.05) is 31.0 Å². The summed E-state index contributed by atoms with van der Waals surface area (Å²) in [5.74, 6) is 0.484. The van der Waals surface area contributed by atoms with Crippen LogP contribution in [0.3, 0.4) is 0 Å². The van der Waals surface area contributed by atoms with Crippen LogP contribution in [0.1, 0.15) is 36.9 Å². The van der Waals surface area contributed by atoms with Gasteiger partial charge in [-0.2, -0.15) is 0 Å². The molecule has 0 aliphatic carbocycles.